The first-order chi connectivity index (χ1) is 17.6. The Morgan fingerprint density at radius 3 is 2.61 bits per heavy atom. The number of likely N-dealkylation sites (tertiary alicyclic amines) is 1. The van der Waals surface area contributed by atoms with Crippen LogP contribution in [0.1, 0.15) is 78.9 Å². The monoisotopic (exact) mass is 492 g/mol. The number of hydrogen-bond acceptors (Lipinski definition) is 5. The number of aliphatic carboxylic acids is 1. The minimum atomic E-state index is -0.912. The molecule has 1 fully saturated rings. The minimum Gasteiger partial charge on any atom is -0.481 e. The van der Waals surface area contributed by atoms with Crippen molar-refractivity contribution >= 4 is 18.2 Å². The number of rotatable bonds is 9. The number of amides is 1. The highest BCUT2D eigenvalue weighted by molar-refractivity contribution is 5.68. The number of aromatic nitrogens is 1. The predicted octanol–water partition coefficient (Wildman–Crippen LogP) is 4.30. The average molecular weight is 493 g/mol. The topological polar surface area (TPSA) is 94.6 Å². The number of carbonyl (C=O) groups excluding carboxylic acids is 1. The lowest BCUT2D eigenvalue weighted by Gasteiger charge is -2.26. The molecule has 3 N–H and O–H groups in total. The summed E-state index contributed by atoms with van der Waals surface area (Å²) in [5.41, 5.74) is 6.15. The van der Waals surface area contributed by atoms with Crippen LogP contribution in [0.3, 0.4) is 0 Å². The number of pyridine rings is 1. The number of anilines is 1. The molecule has 2 aliphatic heterocycles. The molecular formula is C29H40N4O3. The average Bonchev–Trinajstić information content (AvgIpc) is 3.37. The van der Waals surface area contributed by atoms with E-state index in [4.69, 9.17) is 10.1 Å². The van der Waals surface area contributed by atoms with Crippen molar-refractivity contribution in [2.45, 2.75) is 76.7 Å². The van der Waals surface area contributed by atoms with E-state index >= 15 is 0 Å². The van der Waals surface area contributed by atoms with Gasteiger partial charge in [-0.1, -0.05) is 30.7 Å². The Kier molecular flexibility index (Phi) is 9.73. The summed E-state index contributed by atoms with van der Waals surface area (Å²) in [4.78, 5) is 28.6. The van der Waals surface area contributed by atoms with Crippen molar-refractivity contribution < 1.29 is 14.7 Å². The molecule has 1 aromatic carbocycles. The number of nitrogens with zero attached hydrogens (tertiary/aromatic N) is 2. The molecule has 1 unspecified atom stereocenters. The first kappa shape index (κ1) is 26.1. The summed E-state index contributed by atoms with van der Waals surface area (Å²) in [6, 6.07) is 10.0. The predicted molar refractivity (Wildman–Crippen MR) is 142 cm³/mol. The second-order valence-corrected chi connectivity index (χ2v) is 10.2. The van der Waals surface area contributed by atoms with Crippen LogP contribution in [0.2, 0.25) is 0 Å². The Labute approximate surface area is 214 Å². The molecule has 1 aliphatic carbocycles. The lowest BCUT2D eigenvalue weighted by molar-refractivity contribution is -0.137. The van der Waals surface area contributed by atoms with Crippen LogP contribution in [0.25, 0.3) is 0 Å². The van der Waals surface area contributed by atoms with Gasteiger partial charge >= 0.3 is 5.97 Å². The largest absolute Gasteiger partial charge is 0.481 e. The van der Waals surface area contributed by atoms with E-state index in [1.165, 1.54) is 80.5 Å². The van der Waals surface area contributed by atoms with E-state index in [1.54, 1.807) is 0 Å². The zero-order valence-corrected chi connectivity index (χ0v) is 21.3. The van der Waals surface area contributed by atoms with Gasteiger partial charge in [-0.2, -0.15) is 0 Å². The van der Waals surface area contributed by atoms with Gasteiger partial charge in [-0.25, -0.2) is 4.98 Å². The van der Waals surface area contributed by atoms with Gasteiger partial charge in [0.15, 0.2) is 0 Å². The highest BCUT2D eigenvalue weighted by Crippen LogP contribution is 2.26. The molecule has 194 valence electrons. The molecule has 5 rings (SSSR count). The van der Waals surface area contributed by atoms with E-state index in [1.807, 2.05) is 18.2 Å². The normalized spacial score (nSPS) is 17.6. The standard InChI is InChI=1S/C16H25N3.C13H15NO3/c1-2-11-19(12-3-1)13-5-7-15-9-8-14-6-4-10-17-16(14)18-15;15-8-14-12(7-13(16)17)11-5-4-9-2-1-3-10(9)6-11/h8-9H,1-7,10-13H2,(H,17,18);4-6,8,12H,1-3,7H2,(H,14,15)(H,16,17). The van der Waals surface area contributed by atoms with Crippen molar-refractivity contribution in [3.05, 3.63) is 58.3 Å². The van der Waals surface area contributed by atoms with Crippen LogP contribution in [-0.2, 0) is 35.3 Å². The summed E-state index contributed by atoms with van der Waals surface area (Å²) in [6.45, 7) is 4.93. The fourth-order valence-corrected chi connectivity index (χ4v) is 5.51. The van der Waals surface area contributed by atoms with Crippen molar-refractivity contribution in [1.29, 1.82) is 0 Å². The van der Waals surface area contributed by atoms with E-state index in [-0.39, 0.29) is 6.42 Å². The number of hydrogen-bond donors (Lipinski definition) is 3. The summed E-state index contributed by atoms with van der Waals surface area (Å²) >= 11 is 0. The maximum absolute atomic E-state index is 10.7. The van der Waals surface area contributed by atoms with E-state index in [0.717, 1.165) is 43.6 Å². The maximum Gasteiger partial charge on any atom is 0.305 e. The molecular weight excluding hydrogens is 452 g/mol. The molecule has 1 amide bonds. The second-order valence-electron chi connectivity index (χ2n) is 10.2. The Morgan fingerprint density at radius 2 is 1.81 bits per heavy atom. The van der Waals surface area contributed by atoms with Crippen molar-refractivity contribution in [1.82, 2.24) is 15.2 Å². The number of carboxylic acid groups (broad SMARTS) is 1. The molecule has 1 saturated heterocycles. The Morgan fingerprint density at radius 1 is 1.03 bits per heavy atom. The lowest BCUT2D eigenvalue weighted by Crippen LogP contribution is -2.30. The van der Waals surface area contributed by atoms with Crippen LogP contribution in [-0.4, -0.2) is 53.5 Å². The Bertz CT molecular complexity index is 1020. The van der Waals surface area contributed by atoms with Crippen molar-refractivity contribution in [2.75, 3.05) is 31.5 Å². The van der Waals surface area contributed by atoms with Crippen molar-refractivity contribution in [3.63, 3.8) is 0 Å². The summed E-state index contributed by atoms with van der Waals surface area (Å²) in [7, 11) is 0. The van der Waals surface area contributed by atoms with Crippen LogP contribution in [0, 0.1) is 0 Å². The number of carboxylic acids is 1. The molecule has 0 bridgehead atoms. The SMILES string of the molecule is O=CNC(CC(=O)O)c1ccc2c(c1)CCC2.c1cc2c(nc1CCCN1CCCCC1)NCCC2. The molecule has 36 heavy (non-hydrogen) atoms. The first-order valence-corrected chi connectivity index (χ1v) is 13.6. The molecule has 3 aliphatic rings. The fraction of sp³-hybridized carbons (Fsp3) is 0.552. The van der Waals surface area contributed by atoms with Crippen LogP contribution >= 0.6 is 0 Å². The van der Waals surface area contributed by atoms with Crippen molar-refractivity contribution in [3.8, 4) is 0 Å². The molecule has 2 aromatic rings. The minimum absolute atomic E-state index is 0.0858. The number of fused-ring (bicyclic) bond motifs is 2. The third-order valence-corrected chi connectivity index (χ3v) is 7.48. The molecule has 1 atom stereocenters. The number of piperidine rings is 1. The summed E-state index contributed by atoms with van der Waals surface area (Å²) in [5, 5.41) is 14.8. The summed E-state index contributed by atoms with van der Waals surface area (Å²) < 4.78 is 0. The van der Waals surface area contributed by atoms with E-state index in [2.05, 4.69) is 27.7 Å². The van der Waals surface area contributed by atoms with Gasteiger partial charge in [0, 0.05) is 12.2 Å². The van der Waals surface area contributed by atoms with Crippen LogP contribution < -0.4 is 10.6 Å². The summed E-state index contributed by atoms with van der Waals surface area (Å²) in [6.07, 6.45) is 12.8. The Hall–Kier alpha value is -2.93. The smallest absolute Gasteiger partial charge is 0.305 e. The van der Waals surface area contributed by atoms with Gasteiger partial charge in [-0.15, -0.1) is 0 Å². The molecule has 3 heterocycles. The van der Waals surface area contributed by atoms with Gasteiger partial charge in [0.1, 0.15) is 5.82 Å². The molecule has 0 spiro atoms. The summed E-state index contributed by atoms with van der Waals surface area (Å²) in [5.74, 6) is 0.228. The number of nitrogens with one attached hydrogen (secondary N) is 2. The highest BCUT2D eigenvalue weighted by atomic mass is 16.4. The lowest BCUT2D eigenvalue weighted by atomic mass is 9.99. The number of carbonyl (C=O) groups is 2. The van der Waals surface area contributed by atoms with Gasteiger partial charge in [-0.05, 0) is 106 Å². The van der Waals surface area contributed by atoms with Crippen molar-refractivity contribution in [2.24, 2.45) is 0 Å². The molecule has 7 nitrogen and oxygen atoms in total. The van der Waals surface area contributed by atoms with Gasteiger partial charge in [0.05, 0.1) is 12.5 Å². The highest BCUT2D eigenvalue weighted by Gasteiger charge is 2.18. The molecule has 7 heteroatoms. The van der Waals surface area contributed by atoms with Crippen LogP contribution in [0.5, 0.6) is 0 Å². The zero-order valence-electron chi connectivity index (χ0n) is 21.3. The fourth-order valence-electron chi connectivity index (χ4n) is 5.51. The quantitative estimate of drug-likeness (QED) is 0.452. The second kappa shape index (κ2) is 13.4. The van der Waals surface area contributed by atoms with Gasteiger partial charge < -0.3 is 20.6 Å². The maximum atomic E-state index is 10.7. The van der Waals surface area contributed by atoms with E-state index < -0.39 is 12.0 Å². The number of aryl methyl sites for hydroxylation is 4. The molecule has 1 aromatic heterocycles. The molecule has 0 radical (unpaired) electrons. The van der Waals surface area contributed by atoms with Crippen LogP contribution in [0.4, 0.5) is 5.82 Å². The van der Waals surface area contributed by atoms with Crippen LogP contribution in [0.15, 0.2) is 30.3 Å². The Balaban J connectivity index is 0.000000170. The third kappa shape index (κ3) is 7.53. The van der Waals surface area contributed by atoms with E-state index in [9.17, 15) is 9.59 Å². The van der Waals surface area contributed by atoms with E-state index in [0.29, 0.717) is 6.41 Å². The number of benzene rings is 1. The van der Waals surface area contributed by atoms with Gasteiger partial charge in [0.2, 0.25) is 6.41 Å². The van der Waals surface area contributed by atoms with Gasteiger partial charge in [0.25, 0.3) is 0 Å². The third-order valence-electron chi connectivity index (χ3n) is 7.48. The molecule has 0 saturated carbocycles. The first-order valence-electron chi connectivity index (χ1n) is 13.6. The van der Waals surface area contributed by atoms with Gasteiger partial charge in [-0.3, -0.25) is 9.59 Å². The zero-order chi connectivity index (χ0) is 25.2.